The van der Waals surface area contributed by atoms with Crippen molar-refractivity contribution in [1.29, 1.82) is 0 Å². The van der Waals surface area contributed by atoms with Crippen LogP contribution in [0.5, 0.6) is 0 Å². The molecule has 10 heteroatoms. The third-order valence-electron chi connectivity index (χ3n) is 12.7. The van der Waals surface area contributed by atoms with Crippen molar-refractivity contribution in [2.24, 2.45) is 0 Å². The molecular formula is C61H111N2O7P. The van der Waals surface area contributed by atoms with E-state index in [2.05, 4.69) is 86.8 Å². The molecule has 1 amide bonds. The number of esters is 1. The minimum Gasteiger partial charge on any atom is -0.756 e. The summed E-state index contributed by atoms with van der Waals surface area (Å²) in [7, 11) is 1.17. The number of ether oxygens (including phenoxy) is 1. The molecule has 0 aromatic rings. The second-order valence-corrected chi connectivity index (χ2v) is 22.2. The first-order valence-electron chi connectivity index (χ1n) is 29.2. The second kappa shape index (κ2) is 51.0. The van der Waals surface area contributed by atoms with Gasteiger partial charge in [-0.15, -0.1) is 0 Å². The lowest BCUT2D eigenvalue weighted by Crippen LogP contribution is -2.47. The van der Waals surface area contributed by atoms with Crippen LogP contribution in [0.1, 0.15) is 252 Å². The number of amides is 1. The number of phosphoric acid groups is 1. The average Bonchev–Trinajstić information content (AvgIpc) is 3.33. The van der Waals surface area contributed by atoms with Crippen LogP contribution in [-0.4, -0.2) is 69.4 Å². The van der Waals surface area contributed by atoms with Crippen LogP contribution in [0, 0.1) is 0 Å². The summed E-state index contributed by atoms with van der Waals surface area (Å²) in [6, 6.07) is -0.895. The topological polar surface area (TPSA) is 114 Å². The Kier molecular flexibility index (Phi) is 49.1. The van der Waals surface area contributed by atoms with Gasteiger partial charge < -0.3 is 28.5 Å². The van der Waals surface area contributed by atoms with Crippen LogP contribution in [0.2, 0.25) is 0 Å². The van der Waals surface area contributed by atoms with Crippen LogP contribution in [0.3, 0.4) is 0 Å². The van der Waals surface area contributed by atoms with Crippen LogP contribution in [0.4, 0.5) is 0 Å². The Balaban J connectivity index is 5.29. The van der Waals surface area contributed by atoms with Crippen molar-refractivity contribution in [2.75, 3.05) is 40.9 Å². The molecule has 71 heavy (non-hydrogen) atoms. The van der Waals surface area contributed by atoms with Crippen molar-refractivity contribution in [3.63, 3.8) is 0 Å². The van der Waals surface area contributed by atoms with Gasteiger partial charge in [0.15, 0.2) is 0 Å². The molecule has 0 saturated heterocycles. The third kappa shape index (κ3) is 52.1. The van der Waals surface area contributed by atoms with Crippen molar-refractivity contribution in [1.82, 2.24) is 5.32 Å². The summed E-state index contributed by atoms with van der Waals surface area (Å²) in [4.78, 5) is 39.8. The van der Waals surface area contributed by atoms with Gasteiger partial charge in [-0.05, 0) is 76.7 Å². The van der Waals surface area contributed by atoms with Crippen LogP contribution in [0.15, 0.2) is 72.9 Å². The van der Waals surface area contributed by atoms with Gasteiger partial charge in [0, 0.05) is 12.8 Å². The summed E-state index contributed by atoms with van der Waals surface area (Å²) < 4.78 is 30.2. The summed E-state index contributed by atoms with van der Waals surface area (Å²) in [5, 5.41) is 3.01. The Hall–Kier alpha value is -2.55. The maximum atomic E-state index is 13.5. The number of hydrogen-bond acceptors (Lipinski definition) is 7. The summed E-state index contributed by atoms with van der Waals surface area (Å²) in [5.74, 6) is -0.562. The number of hydrogen-bond donors (Lipinski definition) is 1. The highest BCUT2D eigenvalue weighted by Gasteiger charge is 2.27. The monoisotopic (exact) mass is 1010 g/mol. The first-order valence-corrected chi connectivity index (χ1v) is 30.7. The Labute approximate surface area is 438 Å². The smallest absolute Gasteiger partial charge is 0.306 e. The van der Waals surface area contributed by atoms with Crippen LogP contribution in [-0.2, 0) is 27.9 Å². The fraction of sp³-hybridized carbons (Fsp3) is 0.770. The average molecular weight is 1020 g/mol. The first kappa shape index (κ1) is 68.5. The first-order chi connectivity index (χ1) is 34.4. The predicted molar refractivity (Wildman–Crippen MR) is 302 cm³/mol. The largest absolute Gasteiger partial charge is 0.756 e. The summed E-state index contributed by atoms with van der Waals surface area (Å²) in [6.45, 7) is 6.71. The second-order valence-electron chi connectivity index (χ2n) is 20.8. The molecule has 0 saturated carbocycles. The third-order valence-corrected chi connectivity index (χ3v) is 13.6. The van der Waals surface area contributed by atoms with E-state index in [0.29, 0.717) is 23.9 Å². The predicted octanol–water partition coefficient (Wildman–Crippen LogP) is 17.0. The molecule has 0 fully saturated rings. The van der Waals surface area contributed by atoms with E-state index >= 15 is 0 Å². The minimum absolute atomic E-state index is 0.0270. The number of unbranched alkanes of at least 4 members (excludes halogenated alkanes) is 26. The number of phosphoric ester groups is 1. The van der Waals surface area contributed by atoms with E-state index in [1.54, 1.807) is 0 Å². The number of quaternary nitrogens is 1. The van der Waals surface area contributed by atoms with Crippen LogP contribution in [0.25, 0.3) is 0 Å². The number of likely N-dealkylation sites (N-methyl/N-ethyl adjacent to an activating group) is 1. The fourth-order valence-corrected chi connectivity index (χ4v) is 8.86. The molecule has 0 aromatic carbocycles. The van der Waals surface area contributed by atoms with Crippen LogP contribution < -0.4 is 10.2 Å². The zero-order chi connectivity index (χ0) is 52.2. The quantitative estimate of drug-likeness (QED) is 0.0212. The Bertz CT molecular complexity index is 1450. The molecule has 0 spiro atoms. The SMILES string of the molecule is CC/C=C\C/C=C\C/C=C\C/C=C\C/C=C\CCCCCCCC(=O)OC(/C=C/CCCCCCCCCCC)C(COP(=O)([O-])OCC[N+](C)(C)C)NC(=O)CCCCCCCCCCCCCCC. The van der Waals surface area contributed by atoms with E-state index in [9.17, 15) is 19.0 Å². The van der Waals surface area contributed by atoms with E-state index in [1.165, 1.54) is 109 Å². The number of carbonyl (C=O) groups excluding carboxylic acids is 2. The molecule has 412 valence electrons. The van der Waals surface area contributed by atoms with E-state index < -0.39 is 26.6 Å². The molecule has 0 rings (SSSR count). The molecule has 0 aliphatic heterocycles. The Morgan fingerprint density at radius 2 is 0.901 bits per heavy atom. The number of rotatable bonds is 52. The molecule has 3 atom stereocenters. The van der Waals surface area contributed by atoms with Gasteiger partial charge in [-0.25, -0.2) is 0 Å². The zero-order valence-electron chi connectivity index (χ0n) is 46.9. The Morgan fingerprint density at radius 3 is 1.35 bits per heavy atom. The van der Waals surface area contributed by atoms with Gasteiger partial charge in [0.05, 0.1) is 33.8 Å². The standard InChI is InChI=1S/C61H111N2O7P/c1-7-10-13-16-19-22-25-27-28-29-30-31-32-33-34-36-39-42-45-48-51-54-61(65)70-59(52-49-46-43-40-37-24-21-18-15-12-9-3)58(57-69-71(66,67)68-56-55-63(4,5)6)62-60(64)53-50-47-44-41-38-35-26-23-20-17-14-11-8-2/h10,13,19,22,27-28,30-31,33-34,49,52,58-59H,7-9,11-12,14-18,20-21,23-26,29,32,35-48,50-51,53-57H2,1-6H3,(H-,62,64,66,67)/b13-10-,22-19-,28-27-,31-30-,34-33-,52-49+. The molecule has 9 nitrogen and oxygen atoms in total. The lowest BCUT2D eigenvalue weighted by atomic mass is 10.0. The van der Waals surface area contributed by atoms with Gasteiger partial charge in [0.1, 0.15) is 19.3 Å². The van der Waals surface area contributed by atoms with E-state index in [4.69, 9.17) is 13.8 Å². The van der Waals surface area contributed by atoms with Crippen molar-refractivity contribution in [3.05, 3.63) is 72.9 Å². The van der Waals surface area contributed by atoms with Gasteiger partial charge in [-0.2, -0.15) is 0 Å². The van der Waals surface area contributed by atoms with Gasteiger partial charge in [0.25, 0.3) is 7.82 Å². The lowest BCUT2D eigenvalue weighted by Gasteiger charge is -2.30. The van der Waals surface area contributed by atoms with Gasteiger partial charge in [-0.1, -0.05) is 235 Å². The molecule has 0 aromatic heterocycles. The summed E-state index contributed by atoms with van der Waals surface area (Å²) in [6.07, 6.45) is 64.3. The molecule has 0 bridgehead atoms. The number of nitrogens with zero attached hydrogens (tertiary/aromatic N) is 1. The van der Waals surface area contributed by atoms with E-state index in [-0.39, 0.29) is 24.9 Å². The van der Waals surface area contributed by atoms with Crippen molar-refractivity contribution in [3.8, 4) is 0 Å². The number of nitrogens with one attached hydrogen (secondary N) is 1. The maximum Gasteiger partial charge on any atom is 0.306 e. The highest BCUT2D eigenvalue weighted by atomic mass is 31.2. The molecule has 1 N–H and O–H groups in total. The summed E-state index contributed by atoms with van der Waals surface area (Å²) >= 11 is 0. The zero-order valence-corrected chi connectivity index (χ0v) is 47.8. The molecular weight excluding hydrogens is 904 g/mol. The number of allylic oxidation sites excluding steroid dienone is 11. The Morgan fingerprint density at radius 1 is 0.507 bits per heavy atom. The molecule has 0 aliphatic carbocycles. The normalized spacial score (nSPS) is 14.3. The van der Waals surface area contributed by atoms with Crippen molar-refractivity contribution in [2.45, 2.75) is 264 Å². The molecule has 3 unspecified atom stereocenters. The van der Waals surface area contributed by atoms with Gasteiger partial charge in [-0.3, -0.25) is 14.2 Å². The maximum absolute atomic E-state index is 13.5. The minimum atomic E-state index is -4.70. The van der Waals surface area contributed by atoms with E-state index in [0.717, 1.165) is 103 Å². The lowest BCUT2D eigenvalue weighted by molar-refractivity contribution is -0.870. The highest BCUT2D eigenvalue weighted by molar-refractivity contribution is 7.45. The molecule has 0 heterocycles. The van der Waals surface area contributed by atoms with Crippen LogP contribution >= 0.6 is 7.82 Å². The fourth-order valence-electron chi connectivity index (χ4n) is 8.14. The highest BCUT2D eigenvalue weighted by Crippen LogP contribution is 2.38. The molecule has 0 aliphatic rings. The van der Waals surface area contributed by atoms with Crippen molar-refractivity contribution >= 4 is 19.7 Å². The summed E-state index contributed by atoms with van der Waals surface area (Å²) in [5.41, 5.74) is 0. The van der Waals surface area contributed by atoms with Gasteiger partial charge >= 0.3 is 5.97 Å². The van der Waals surface area contributed by atoms with Crippen molar-refractivity contribution < 1.29 is 37.3 Å². The molecule has 0 radical (unpaired) electrons. The van der Waals surface area contributed by atoms with E-state index in [1.807, 2.05) is 33.3 Å². The number of carbonyl (C=O) groups is 2. The van der Waals surface area contributed by atoms with Gasteiger partial charge in [0.2, 0.25) is 5.91 Å².